The molecular formula is C20H24F4N6O2. The Hall–Kier alpha value is -2.89. The fraction of sp³-hybridized carbons (Fsp3) is 0.550. The first-order valence-corrected chi connectivity index (χ1v) is 10.2. The highest BCUT2D eigenvalue weighted by atomic mass is 19.3. The molecule has 2 aromatic heterocycles. The van der Waals surface area contributed by atoms with Crippen molar-refractivity contribution in [2.75, 3.05) is 41.8 Å². The minimum absolute atomic E-state index is 0.0101. The number of ether oxygens (including phenoxy) is 2. The lowest BCUT2D eigenvalue weighted by Gasteiger charge is -2.38. The molecule has 32 heavy (non-hydrogen) atoms. The molecule has 174 valence electrons. The van der Waals surface area contributed by atoms with Crippen LogP contribution in [0.2, 0.25) is 0 Å². The van der Waals surface area contributed by atoms with E-state index < -0.39 is 19.1 Å². The Morgan fingerprint density at radius 1 is 1.25 bits per heavy atom. The molecule has 8 nitrogen and oxygen atoms in total. The van der Waals surface area contributed by atoms with Gasteiger partial charge in [-0.3, -0.25) is 0 Å². The van der Waals surface area contributed by atoms with Crippen molar-refractivity contribution in [2.45, 2.75) is 44.9 Å². The molecule has 0 amide bonds. The zero-order valence-corrected chi connectivity index (χ0v) is 17.6. The quantitative estimate of drug-likeness (QED) is 0.687. The predicted octanol–water partition coefficient (Wildman–Crippen LogP) is 3.18. The van der Waals surface area contributed by atoms with E-state index >= 15 is 0 Å². The summed E-state index contributed by atoms with van der Waals surface area (Å²) in [5.41, 5.74) is 6.32. The smallest absolute Gasteiger partial charge is 0.387 e. The third-order valence-electron chi connectivity index (χ3n) is 5.45. The van der Waals surface area contributed by atoms with Crippen LogP contribution in [0.3, 0.4) is 0 Å². The minimum Gasteiger partial charge on any atom is -0.431 e. The summed E-state index contributed by atoms with van der Waals surface area (Å²) in [5.74, 6) is -2.66. The average molecular weight is 456 g/mol. The van der Waals surface area contributed by atoms with E-state index in [0.29, 0.717) is 30.2 Å². The first-order chi connectivity index (χ1) is 15.1. The van der Waals surface area contributed by atoms with Gasteiger partial charge in [0.1, 0.15) is 5.82 Å². The van der Waals surface area contributed by atoms with Crippen LogP contribution in [0.4, 0.5) is 35.1 Å². The van der Waals surface area contributed by atoms with Gasteiger partial charge in [0.05, 0.1) is 31.0 Å². The Bertz CT molecular complexity index is 979. The number of morpholine rings is 1. The largest absolute Gasteiger partial charge is 0.431 e. The Morgan fingerprint density at radius 3 is 2.72 bits per heavy atom. The summed E-state index contributed by atoms with van der Waals surface area (Å²) in [4.78, 5) is 16.4. The van der Waals surface area contributed by atoms with Crippen molar-refractivity contribution in [3.63, 3.8) is 0 Å². The fourth-order valence-electron chi connectivity index (χ4n) is 3.77. The van der Waals surface area contributed by atoms with E-state index in [-0.39, 0.29) is 42.6 Å². The van der Waals surface area contributed by atoms with Gasteiger partial charge in [-0.05, 0) is 19.9 Å². The van der Waals surface area contributed by atoms with Crippen LogP contribution in [-0.2, 0) is 4.74 Å². The summed E-state index contributed by atoms with van der Waals surface area (Å²) in [6.07, 6.45) is 1.03. The summed E-state index contributed by atoms with van der Waals surface area (Å²) in [5, 5.41) is 0. The third-order valence-corrected chi connectivity index (χ3v) is 5.45. The van der Waals surface area contributed by atoms with Gasteiger partial charge in [-0.15, -0.1) is 0 Å². The maximum Gasteiger partial charge on any atom is 0.387 e. The second kappa shape index (κ2) is 8.57. The van der Waals surface area contributed by atoms with E-state index in [1.807, 2.05) is 18.7 Å². The SMILES string of the molecule is C[C@H]1CN(c2cc(-c3cnc(N)c(OC(F)F)c3)nc(N3CCC(F)(F)C3)n2)[C@@H](C)CO1. The van der Waals surface area contributed by atoms with Crippen LogP contribution in [0.5, 0.6) is 5.75 Å². The molecule has 4 rings (SSSR count). The molecule has 0 aromatic carbocycles. The molecule has 2 aromatic rings. The highest BCUT2D eigenvalue weighted by Gasteiger charge is 2.39. The van der Waals surface area contributed by atoms with Crippen LogP contribution < -0.4 is 20.3 Å². The van der Waals surface area contributed by atoms with Gasteiger partial charge < -0.3 is 25.0 Å². The number of alkyl halides is 4. The molecule has 0 spiro atoms. The standard InChI is InChI=1S/C20H24F4N6O2/c1-11-9-31-12(2)8-30(11)16-6-14(13-5-15(32-18(21)22)17(25)26-7-13)27-19(28-16)29-4-3-20(23,24)10-29/h5-7,11-12,18H,3-4,8-10H2,1-2H3,(H2,25,26)/t11-,12-/m0/s1. The van der Waals surface area contributed by atoms with Crippen LogP contribution in [0, 0.1) is 0 Å². The van der Waals surface area contributed by atoms with Gasteiger partial charge in [0.25, 0.3) is 5.92 Å². The lowest BCUT2D eigenvalue weighted by Crippen LogP contribution is -2.48. The van der Waals surface area contributed by atoms with Crippen LogP contribution in [-0.4, -0.2) is 65.9 Å². The molecule has 2 saturated heterocycles. The van der Waals surface area contributed by atoms with E-state index in [2.05, 4.69) is 19.7 Å². The van der Waals surface area contributed by atoms with Gasteiger partial charge in [0, 0.05) is 37.3 Å². The highest BCUT2D eigenvalue weighted by Crippen LogP contribution is 2.34. The lowest BCUT2D eigenvalue weighted by atomic mass is 10.1. The highest BCUT2D eigenvalue weighted by molar-refractivity contribution is 5.68. The molecular weight excluding hydrogens is 432 g/mol. The molecule has 2 aliphatic rings. The molecule has 2 aliphatic heterocycles. The second-order valence-electron chi connectivity index (χ2n) is 8.07. The number of hydrogen-bond acceptors (Lipinski definition) is 8. The topological polar surface area (TPSA) is 89.6 Å². The molecule has 0 radical (unpaired) electrons. The number of hydrogen-bond donors (Lipinski definition) is 1. The number of nitrogens with zero attached hydrogens (tertiary/aromatic N) is 5. The van der Waals surface area contributed by atoms with Crippen LogP contribution >= 0.6 is 0 Å². The van der Waals surface area contributed by atoms with Gasteiger partial charge in [0.15, 0.2) is 11.6 Å². The van der Waals surface area contributed by atoms with Crippen molar-refractivity contribution in [1.29, 1.82) is 0 Å². The van der Waals surface area contributed by atoms with Crippen molar-refractivity contribution in [1.82, 2.24) is 15.0 Å². The number of anilines is 3. The van der Waals surface area contributed by atoms with Gasteiger partial charge in [-0.1, -0.05) is 0 Å². The summed E-state index contributed by atoms with van der Waals surface area (Å²) >= 11 is 0. The number of pyridine rings is 1. The Kier molecular flexibility index (Phi) is 5.97. The normalized spacial score (nSPS) is 23.1. The molecule has 0 saturated carbocycles. The van der Waals surface area contributed by atoms with Gasteiger partial charge in [-0.25, -0.2) is 18.7 Å². The Labute approximate surface area is 182 Å². The number of aromatic nitrogens is 3. The molecule has 2 N–H and O–H groups in total. The van der Waals surface area contributed by atoms with Crippen LogP contribution in [0.15, 0.2) is 18.3 Å². The van der Waals surface area contributed by atoms with Crippen molar-refractivity contribution in [3.8, 4) is 17.0 Å². The summed E-state index contributed by atoms with van der Waals surface area (Å²) in [6, 6.07) is 2.96. The van der Waals surface area contributed by atoms with Gasteiger partial charge >= 0.3 is 6.61 Å². The van der Waals surface area contributed by atoms with E-state index in [9.17, 15) is 17.6 Å². The molecule has 0 aliphatic carbocycles. The monoisotopic (exact) mass is 456 g/mol. The predicted molar refractivity (Wildman–Crippen MR) is 110 cm³/mol. The number of halogens is 4. The zero-order chi connectivity index (χ0) is 23.0. The van der Waals surface area contributed by atoms with Crippen molar-refractivity contribution >= 4 is 17.6 Å². The van der Waals surface area contributed by atoms with Gasteiger partial charge in [-0.2, -0.15) is 13.8 Å². The summed E-state index contributed by atoms with van der Waals surface area (Å²) < 4.78 is 63.3. The van der Waals surface area contributed by atoms with Crippen molar-refractivity contribution in [2.24, 2.45) is 0 Å². The average Bonchev–Trinajstić information content (AvgIpc) is 3.10. The maximum absolute atomic E-state index is 13.9. The van der Waals surface area contributed by atoms with Crippen molar-refractivity contribution in [3.05, 3.63) is 18.3 Å². The molecule has 4 heterocycles. The Morgan fingerprint density at radius 2 is 2.03 bits per heavy atom. The van der Waals surface area contributed by atoms with E-state index in [0.717, 1.165) is 0 Å². The van der Waals surface area contributed by atoms with E-state index in [4.69, 9.17) is 10.5 Å². The summed E-state index contributed by atoms with van der Waals surface area (Å²) in [6.45, 7) is 1.46. The second-order valence-corrected chi connectivity index (χ2v) is 8.07. The molecule has 2 fully saturated rings. The molecule has 2 atom stereocenters. The van der Waals surface area contributed by atoms with Gasteiger partial charge in [0.2, 0.25) is 5.95 Å². The number of rotatable bonds is 5. The number of nitrogens with two attached hydrogens (primary N) is 1. The molecule has 0 unspecified atom stereocenters. The summed E-state index contributed by atoms with van der Waals surface area (Å²) in [7, 11) is 0. The van der Waals surface area contributed by atoms with Crippen molar-refractivity contribution < 1.29 is 27.0 Å². The van der Waals surface area contributed by atoms with Crippen LogP contribution in [0.25, 0.3) is 11.3 Å². The Balaban J connectivity index is 1.77. The third kappa shape index (κ3) is 4.79. The fourth-order valence-corrected chi connectivity index (χ4v) is 3.77. The maximum atomic E-state index is 13.9. The minimum atomic E-state index is -3.08. The first-order valence-electron chi connectivity index (χ1n) is 10.2. The zero-order valence-electron chi connectivity index (χ0n) is 17.6. The first kappa shape index (κ1) is 22.3. The van der Waals surface area contributed by atoms with Crippen LogP contribution in [0.1, 0.15) is 20.3 Å². The molecule has 0 bridgehead atoms. The van der Waals surface area contributed by atoms with E-state index in [1.165, 1.54) is 17.2 Å². The lowest BCUT2D eigenvalue weighted by molar-refractivity contribution is -0.0494. The van der Waals surface area contributed by atoms with E-state index in [1.54, 1.807) is 6.07 Å². The number of nitrogen functional groups attached to an aromatic ring is 1. The molecule has 12 heteroatoms.